The van der Waals surface area contributed by atoms with Crippen molar-refractivity contribution in [3.05, 3.63) is 33.9 Å². The lowest BCUT2D eigenvalue weighted by molar-refractivity contribution is -0.385. The molecule has 114 valence electrons. The maximum Gasteiger partial charge on any atom is 0.305 e. The van der Waals surface area contributed by atoms with Gasteiger partial charge in [0.1, 0.15) is 5.69 Å². The molecule has 1 fully saturated rings. The van der Waals surface area contributed by atoms with Crippen LogP contribution in [0.4, 0.5) is 20.2 Å². The number of hydrogen-bond donors (Lipinski definition) is 1. The molecule has 1 aromatic rings. The summed E-state index contributed by atoms with van der Waals surface area (Å²) in [4.78, 5) is 21.9. The molecule has 0 aromatic heterocycles. The Hall–Kier alpha value is -1.90. The fourth-order valence-corrected chi connectivity index (χ4v) is 3.31. The second-order valence-electron chi connectivity index (χ2n) is 4.54. The number of hydrogen-bond acceptors (Lipinski definition) is 5. The Labute approximate surface area is 122 Å². The number of aliphatic carboxylic acids is 1. The number of anilines is 1. The highest BCUT2D eigenvalue weighted by Gasteiger charge is 2.30. The molecule has 9 heteroatoms. The second-order valence-corrected chi connectivity index (χ2v) is 5.68. The largest absolute Gasteiger partial charge is 0.481 e. The van der Waals surface area contributed by atoms with Crippen LogP contribution in [-0.4, -0.2) is 40.1 Å². The van der Waals surface area contributed by atoms with Gasteiger partial charge in [-0.15, -0.1) is 0 Å². The zero-order valence-corrected chi connectivity index (χ0v) is 11.6. The van der Waals surface area contributed by atoms with Crippen molar-refractivity contribution >= 4 is 29.1 Å². The number of carboxylic acids is 1. The molecular formula is C12H12F2N2O4S. The summed E-state index contributed by atoms with van der Waals surface area (Å²) in [5.41, 5.74) is -1.07. The normalized spacial score (nSPS) is 18.6. The van der Waals surface area contributed by atoms with E-state index >= 15 is 0 Å². The molecule has 0 radical (unpaired) electrons. The second kappa shape index (κ2) is 6.25. The molecule has 0 amide bonds. The van der Waals surface area contributed by atoms with Gasteiger partial charge < -0.3 is 10.0 Å². The van der Waals surface area contributed by atoms with E-state index in [1.807, 2.05) is 0 Å². The molecule has 2 rings (SSSR count). The van der Waals surface area contributed by atoms with E-state index < -0.39 is 39.9 Å². The summed E-state index contributed by atoms with van der Waals surface area (Å²) in [5, 5.41) is 19.5. The first-order valence-electron chi connectivity index (χ1n) is 6.09. The summed E-state index contributed by atoms with van der Waals surface area (Å²) in [6, 6.07) is 0.752. The van der Waals surface area contributed by atoms with Gasteiger partial charge in [-0.05, 0) is 0 Å². The van der Waals surface area contributed by atoms with Crippen LogP contribution in [0, 0.1) is 21.7 Å². The van der Waals surface area contributed by atoms with Crippen molar-refractivity contribution in [1.82, 2.24) is 0 Å². The van der Waals surface area contributed by atoms with Crippen molar-refractivity contribution in [2.75, 3.05) is 23.0 Å². The minimum Gasteiger partial charge on any atom is -0.481 e. The molecule has 1 aliphatic heterocycles. The number of nitrogens with zero attached hydrogens (tertiary/aromatic N) is 2. The van der Waals surface area contributed by atoms with Gasteiger partial charge in [-0.1, -0.05) is 0 Å². The Morgan fingerprint density at radius 3 is 2.62 bits per heavy atom. The van der Waals surface area contributed by atoms with Crippen LogP contribution in [0.3, 0.4) is 0 Å². The van der Waals surface area contributed by atoms with Crippen molar-refractivity contribution in [2.45, 2.75) is 12.5 Å². The average molecular weight is 318 g/mol. The number of nitro benzene ring substituents is 1. The molecule has 1 saturated heterocycles. The third kappa shape index (κ3) is 3.41. The van der Waals surface area contributed by atoms with Gasteiger partial charge in [0.05, 0.1) is 23.5 Å². The number of halogens is 2. The zero-order chi connectivity index (χ0) is 15.6. The number of non-ortho nitro benzene ring substituents is 1. The molecule has 21 heavy (non-hydrogen) atoms. The lowest BCUT2D eigenvalue weighted by atomic mass is 10.1. The van der Waals surface area contributed by atoms with Crippen LogP contribution in [0.2, 0.25) is 0 Å². The van der Waals surface area contributed by atoms with E-state index in [1.165, 1.54) is 16.7 Å². The maximum atomic E-state index is 14.0. The lowest BCUT2D eigenvalue weighted by Crippen LogP contribution is -2.44. The zero-order valence-electron chi connectivity index (χ0n) is 10.8. The van der Waals surface area contributed by atoms with Gasteiger partial charge in [0.15, 0.2) is 11.6 Å². The Balaban J connectivity index is 2.38. The molecule has 1 heterocycles. The van der Waals surface area contributed by atoms with Crippen molar-refractivity contribution < 1.29 is 23.6 Å². The highest BCUT2D eigenvalue weighted by Crippen LogP contribution is 2.32. The van der Waals surface area contributed by atoms with Gasteiger partial charge in [-0.3, -0.25) is 14.9 Å². The third-order valence-electron chi connectivity index (χ3n) is 3.14. The van der Waals surface area contributed by atoms with Gasteiger partial charge >= 0.3 is 5.97 Å². The Kier molecular flexibility index (Phi) is 4.61. The predicted molar refractivity (Wildman–Crippen MR) is 73.7 cm³/mol. The van der Waals surface area contributed by atoms with E-state index in [1.54, 1.807) is 0 Å². The summed E-state index contributed by atoms with van der Waals surface area (Å²) in [7, 11) is 0. The summed E-state index contributed by atoms with van der Waals surface area (Å²) in [6.07, 6.45) is -0.247. The Morgan fingerprint density at radius 1 is 1.48 bits per heavy atom. The van der Waals surface area contributed by atoms with Crippen molar-refractivity contribution in [2.24, 2.45) is 0 Å². The number of rotatable bonds is 4. The van der Waals surface area contributed by atoms with Crippen molar-refractivity contribution in [3.8, 4) is 0 Å². The summed E-state index contributed by atoms with van der Waals surface area (Å²) >= 11 is 1.51. The minimum atomic E-state index is -1.06. The van der Waals surface area contributed by atoms with E-state index in [4.69, 9.17) is 5.11 Å². The smallest absolute Gasteiger partial charge is 0.305 e. The minimum absolute atomic E-state index is 0.247. The topological polar surface area (TPSA) is 83.7 Å². The molecule has 1 unspecified atom stereocenters. The summed E-state index contributed by atoms with van der Waals surface area (Å²) < 4.78 is 28.1. The van der Waals surface area contributed by atoms with Crippen LogP contribution in [-0.2, 0) is 4.79 Å². The fourth-order valence-electron chi connectivity index (χ4n) is 2.25. The molecular weight excluding hydrogens is 306 g/mol. The van der Waals surface area contributed by atoms with Gasteiger partial charge in [-0.2, -0.15) is 11.8 Å². The molecule has 1 aliphatic rings. The number of thioether (sulfide) groups is 1. The molecule has 1 atom stereocenters. The summed E-state index contributed by atoms with van der Waals surface area (Å²) in [5.74, 6) is -2.13. The number of benzene rings is 1. The lowest BCUT2D eigenvalue weighted by Gasteiger charge is -2.36. The first-order valence-corrected chi connectivity index (χ1v) is 7.25. The average Bonchev–Trinajstić information content (AvgIpc) is 2.39. The van der Waals surface area contributed by atoms with Crippen LogP contribution in [0.5, 0.6) is 0 Å². The number of nitro groups is 1. The number of carboxylic acid groups (broad SMARTS) is 1. The van der Waals surface area contributed by atoms with E-state index in [0.717, 1.165) is 0 Å². The molecule has 0 bridgehead atoms. The molecule has 0 spiro atoms. The fraction of sp³-hybridized carbons (Fsp3) is 0.417. The Morgan fingerprint density at radius 2 is 2.10 bits per heavy atom. The predicted octanol–water partition coefficient (Wildman–Crippen LogP) is 2.27. The van der Waals surface area contributed by atoms with Crippen LogP contribution in [0.1, 0.15) is 6.42 Å². The van der Waals surface area contributed by atoms with E-state index in [2.05, 4.69) is 0 Å². The van der Waals surface area contributed by atoms with Crippen LogP contribution in [0.25, 0.3) is 0 Å². The third-order valence-corrected chi connectivity index (χ3v) is 4.23. The molecule has 1 N–H and O–H groups in total. The van der Waals surface area contributed by atoms with Crippen LogP contribution < -0.4 is 4.90 Å². The van der Waals surface area contributed by atoms with Crippen molar-refractivity contribution in [1.29, 1.82) is 0 Å². The standard InChI is InChI=1S/C12H12F2N2O4S/c13-9-3-7(16(19)20)4-10(14)12(9)15-1-2-21-6-8(15)5-11(17)18/h3-4,8H,1-2,5-6H2,(H,17,18). The van der Waals surface area contributed by atoms with E-state index in [0.29, 0.717) is 23.6 Å². The number of carbonyl (C=O) groups is 1. The highest BCUT2D eigenvalue weighted by molar-refractivity contribution is 7.99. The summed E-state index contributed by atoms with van der Waals surface area (Å²) in [6.45, 7) is 0.286. The molecule has 0 saturated carbocycles. The van der Waals surface area contributed by atoms with Crippen molar-refractivity contribution in [3.63, 3.8) is 0 Å². The van der Waals surface area contributed by atoms with Gasteiger partial charge in [0.25, 0.3) is 5.69 Å². The SMILES string of the molecule is O=C(O)CC1CSCCN1c1c(F)cc([N+](=O)[O-])cc1F. The first kappa shape index (κ1) is 15.5. The maximum absolute atomic E-state index is 14.0. The van der Waals surface area contributed by atoms with Gasteiger partial charge in [0.2, 0.25) is 0 Å². The van der Waals surface area contributed by atoms with E-state index in [-0.39, 0.29) is 13.0 Å². The highest BCUT2D eigenvalue weighted by atomic mass is 32.2. The van der Waals surface area contributed by atoms with Crippen LogP contribution >= 0.6 is 11.8 Å². The van der Waals surface area contributed by atoms with E-state index in [9.17, 15) is 23.7 Å². The van der Waals surface area contributed by atoms with Gasteiger partial charge in [0, 0.05) is 24.1 Å². The quantitative estimate of drug-likeness (QED) is 0.677. The van der Waals surface area contributed by atoms with Gasteiger partial charge in [-0.25, -0.2) is 8.78 Å². The molecule has 6 nitrogen and oxygen atoms in total. The Bertz CT molecular complexity index is 561. The molecule has 1 aromatic carbocycles. The molecule has 0 aliphatic carbocycles. The van der Waals surface area contributed by atoms with Crippen LogP contribution in [0.15, 0.2) is 12.1 Å². The monoisotopic (exact) mass is 318 g/mol. The first-order chi connectivity index (χ1) is 9.90.